The molecule has 2 rings (SSSR count). The number of para-hydroxylation sites is 1. The largest absolute Gasteiger partial charge is 0.508 e. The van der Waals surface area contributed by atoms with Gasteiger partial charge in [-0.2, -0.15) is 13.2 Å². The van der Waals surface area contributed by atoms with E-state index in [1.165, 1.54) is 6.07 Å². The fourth-order valence-corrected chi connectivity index (χ4v) is 1.92. The molecule has 21 heavy (non-hydrogen) atoms. The predicted molar refractivity (Wildman–Crippen MR) is 70.1 cm³/mol. The molecule has 0 fully saturated rings. The molecule has 0 aromatic heterocycles. The molecule has 0 radical (unpaired) electrons. The van der Waals surface area contributed by atoms with Crippen molar-refractivity contribution in [3.63, 3.8) is 0 Å². The Hall–Kier alpha value is -2.08. The van der Waals surface area contributed by atoms with E-state index < -0.39 is 17.6 Å². The van der Waals surface area contributed by atoms with Gasteiger partial charge in [0.25, 0.3) is 0 Å². The summed E-state index contributed by atoms with van der Waals surface area (Å²) in [5, 5.41) is 12.4. The highest BCUT2D eigenvalue weighted by molar-refractivity contribution is 5.32. The van der Waals surface area contributed by atoms with Crippen LogP contribution < -0.4 is 5.32 Å². The highest BCUT2D eigenvalue weighted by Crippen LogP contribution is 2.30. The summed E-state index contributed by atoms with van der Waals surface area (Å²) >= 11 is 0. The summed E-state index contributed by atoms with van der Waals surface area (Å²) in [6.07, 6.45) is -4.57. The van der Waals surface area contributed by atoms with Gasteiger partial charge in [0.1, 0.15) is 11.6 Å². The minimum atomic E-state index is -4.57. The van der Waals surface area contributed by atoms with E-state index in [2.05, 4.69) is 5.32 Å². The van der Waals surface area contributed by atoms with Crippen molar-refractivity contribution in [1.82, 2.24) is 5.32 Å². The van der Waals surface area contributed by atoms with Crippen molar-refractivity contribution in [1.29, 1.82) is 0 Å². The number of halogens is 4. The zero-order chi connectivity index (χ0) is 15.5. The zero-order valence-electron chi connectivity index (χ0n) is 10.9. The molecule has 112 valence electrons. The third kappa shape index (κ3) is 4.19. The molecule has 0 aliphatic heterocycles. The number of nitrogens with one attached hydrogen (secondary N) is 1. The van der Waals surface area contributed by atoms with Gasteiger partial charge in [0.2, 0.25) is 0 Å². The Morgan fingerprint density at radius 3 is 2.38 bits per heavy atom. The van der Waals surface area contributed by atoms with Crippen molar-refractivity contribution in [3.05, 3.63) is 65.0 Å². The molecule has 0 aliphatic rings. The summed E-state index contributed by atoms with van der Waals surface area (Å²) in [7, 11) is 0. The molecule has 2 nitrogen and oxygen atoms in total. The molecule has 0 spiro atoms. The number of phenols is 1. The van der Waals surface area contributed by atoms with Crippen LogP contribution in [0.25, 0.3) is 0 Å². The Bertz CT molecular complexity index is 625. The number of hydrogen-bond donors (Lipinski definition) is 2. The Morgan fingerprint density at radius 2 is 1.71 bits per heavy atom. The lowest BCUT2D eigenvalue weighted by molar-refractivity contribution is -0.137. The lowest BCUT2D eigenvalue weighted by atomic mass is 10.1. The van der Waals surface area contributed by atoms with Gasteiger partial charge in [0.05, 0.1) is 5.56 Å². The van der Waals surface area contributed by atoms with Crippen molar-refractivity contribution >= 4 is 0 Å². The molecule has 0 saturated heterocycles. The predicted octanol–water partition coefficient (Wildman–Crippen LogP) is 3.84. The maximum atomic E-state index is 13.2. The molecule has 2 N–H and O–H groups in total. The van der Waals surface area contributed by atoms with Gasteiger partial charge < -0.3 is 10.4 Å². The van der Waals surface area contributed by atoms with Crippen molar-refractivity contribution in [2.45, 2.75) is 19.3 Å². The maximum absolute atomic E-state index is 13.2. The third-order valence-electron chi connectivity index (χ3n) is 2.92. The Morgan fingerprint density at radius 1 is 1.00 bits per heavy atom. The average molecular weight is 299 g/mol. The van der Waals surface area contributed by atoms with Crippen LogP contribution in [-0.2, 0) is 19.3 Å². The highest BCUT2D eigenvalue weighted by atomic mass is 19.4. The zero-order valence-corrected chi connectivity index (χ0v) is 10.9. The smallest absolute Gasteiger partial charge is 0.416 e. The molecule has 6 heteroatoms. The summed E-state index contributed by atoms with van der Waals surface area (Å²) in [4.78, 5) is 0. The lowest BCUT2D eigenvalue weighted by Gasteiger charge is -2.11. The molecule has 2 aromatic carbocycles. The number of hydrogen-bond acceptors (Lipinski definition) is 2. The summed E-state index contributed by atoms with van der Waals surface area (Å²) in [5.41, 5.74) is -0.204. The third-order valence-corrected chi connectivity index (χ3v) is 2.92. The molecule has 0 saturated carbocycles. The van der Waals surface area contributed by atoms with E-state index in [4.69, 9.17) is 0 Å². The quantitative estimate of drug-likeness (QED) is 0.841. The van der Waals surface area contributed by atoms with E-state index in [1.54, 1.807) is 18.2 Å². The Labute approximate surface area is 119 Å². The summed E-state index contributed by atoms with van der Waals surface area (Å²) in [5.74, 6) is -0.829. The average Bonchev–Trinajstić information content (AvgIpc) is 2.39. The fourth-order valence-electron chi connectivity index (χ4n) is 1.92. The number of benzene rings is 2. The maximum Gasteiger partial charge on any atom is 0.416 e. The van der Waals surface area contributed by atoms with Gasteiger partial charge in [-0.3, -0.25) is 0 Å². The second-order valence-corrected chi connectivity index (χ2v) is 4.58. The summed E-state index contributed by atoms with van der Waals surface area (Å²) in [6, 6.07) is 9.03. The van der Waals surface area contributed by atoms with Crippen LogP contribution in [0.2, 0.25) is 0 Å². The van der Waals surface area contributed by atoms with E-state index in [1.807, 2.05) is 0 Å². The number of aromatic hydroxyl groups is 1. The minimum Gasteiger partial charge on any atom is -0.508 e. The van der Waals surface area contributed by atoms with Crippen LogP contribution in [0.5, 0.6) is 5.75 Å². The van der Waals surface area contributed by atoms with Gasteiger partial charge >= 0.3 is 6.18 Å². The van der Waals surface area contributed by atoms with Crippen LogP contribution in [0.3, 0.4) is 0 Å². The van der Waals surface area contributed by atoms with E-state index in [0.717, 1.165) is 12.1 Å². The van der Waals surface area contributed by atoms with E-state index in [0.29, 0.717) is 11.6 Å². The molecular formula is C15H13F4NO. The molecule has 0 unspecified atom stereocenters. The van der Waals surface area contributed by atoms with Crippen molar-refractivity contribution in [2.24, 2.45) is 0 Å². The Balaban J connectivity index is 2.04. The molecule has 0 amide bonds. The monoisotopic (exact) mass is 299 g/mol. The second kappa shape index (κ2) is 6.13. The first-order valence-electron chi connectivity index (χ1n) is 6.20. The second-order valence-electron chi connectivity index (χ2n) is 4.58. The standard InChI is InChI=1S/C15H13F4NO/c16-13-6-10(5-12(7-13)15(17,18)19)8-20-9-11-3-1-2-4-14(11)21/h1-7,20-21H,8-9H2. The summed E-state index contributed by atoms with van der Waals surface area (Å²) in [6.45, 7) is 0.333. The fraction of sp³-hybridized carbons (Fsp3) is 0.200. The molecule has 0 atom stereocenters. The normalized spacial score (nSPS) is 11.6. The van der Waals surface area contributed by atoms with Crippen LogP contribution in [0.1, 0.15) is 16.7 Å². The van der Waals surface area contributed by atoms with Crippen molar-refractivity contribution in [3.8, 4) is 5.75 Å². The van der Waals surface area contributed by atoms with Gasteiger partial charge in [0, 0.05) is 18.7 Å². The minimum absolute atomic E-state index is 0.0647. The number of alkyl halides is 3. The first-order chi connectivity index (χ1) is 9.86. The van der Waals surface area contributed by atoms with Crippen LogP contribution in [0.15, 0.2) is 42.5 Å². The Kier molecular flexibility index (Phi) is 4.47. The topological polar surface area (TPSA) is 32.3 Å². The highest BCUT2D eigenvalue weighted by Gasteiger charge is 2.31. The van der Waals surface area contributed by atoms with E-state index in [9.17, 15) is 22.7 Å². The van der Waals surface area contributed by atoms with Crippen LogP contribution in [0, 0.1) is 5.82 Å². The molecule has 0 heterocycles. The molecule has 2 aromatic rings. The van der Waals surface area contributed by atoms with Gasteiger partial charge in [0.15, 0.2) is 0 Å². The molecule has 0 aliphatic carbocycles. The first-order valence-corrected chi connectivity index (χ1v) is 6.20. The van der Waals surface area contributed by atoms with Crippen LogP contribution in [-0.4, -0.2) is 5.11 Å². The van der Waals surface area contributed by atoms with Gasteiger partial charge in [-0.1, -0.05) is 18.2 Å². The lowest BCUT2D eigenvalue weighted by Crippen LogP contribution is -2.14. The van der Waals surface area contributed by atoms with E-state index >= 15 is 0 Å². The SMILES string of the molecule is Oc1ccccc1CNCc1cc(F)cc(C(F)(F)F)c1. The van der Waals surface area contributed by atoms with E-state index in [-0.39, 0.29) is 24.4 Å². The molecule has 0 bridgehead atoms. The van der Waals surface area contributed by atoms with Crippen LogP contribution >= 0.6 is 0 Å². The molecular weight excluding hydrogens is 286 g/mol. The van der Waals surface area contributed by atoms with Gasteiger partial charge in [-0.15, -0.1) is 0 Å². The van der Waals surface area contributed by atoms with Crippen LogP contribution in [0.4, 0.5) is 17.6 Å². The van der Waals surface area contributed by atoms with Gasteiger partial charge in [-0.25, -0.2) is 4.39 Å². The number of phenolic OH excluding ortho intramolecular Hbond substituents is 1. The summed E-state index contributed by atoms with van der Waals surface area (Å²) < 4.78 is 50.9. The van der Waals surface area contributed by atoms with Crippen molar-refractivity contribution < 1.29 is 22.7 Å². The number of rotatable bonds is 4. The van der Waals surface area contributed by atoms with Crippen molar-refractivity contribution in [2.75, 3.05) is 0 Å². The van der Waals surface area contributed by atoms with Gasteiger partial charge in [-0.05, 0) is 29.8 Å². The first kappa shape index (κ1) is 15.3.